The smallest absolute Gasteiger partial charge is 0.308 e. The van der Waals surface area contributed by atoms with Crippen molar-refractivity contribution < 1.29 is 19.4 Å². The molecule has 6 unspecified atom stereocenters. The van der Waals surface area contributed by atoms with Crippen molar-refractivity contribution in [1.29, 1.82) is 0 Å². The summed E-state index contributed by atoms with van der Waals surface area (Å²) in [5.74, 6) is 0.375. The second kappa shape index (κ2) is 7.63. The highest BCUT2D eigenvalue weighted by Crippen LogP contribution is 2.43. The zero-order chi connectivity index (χ0) is 17.1. The van der Waals surface area contributed by atoms with Crippen LogP contribution in [0.4, 0.5) is 0 Å². The fourth-order valence-electron chi connectivity index (χ4n) is 3.79. The summed E-state index contributed by atoms with van der Waals surface area (Å²) in [5, 5.41) is 10.1. The molecule has 0 radical (unpaired) electrons. The highest BCUT2D eigenvalue weighted by Gasteiger charge is 2.44. The Balaban J connectivity index is 2.30. The van der Waals surface area contributed by atoms with E-state index in [1.165, 1.54) is 0 Å². The van der Waals surface area contributed by atoms with E-state index in [0.717, 1.165) is 12.0 Å². The van der Waals surface area contributed by atoms with Crippen molar-refractivity contribution in [3.8, 4) is 0 Å². The van der Waals surface area contributed by atoms with Crippen molar-refractivity contribution >= 4 is 5.97 Å². The minimum atomic E-state index is -0.562. The molecule has 0 spiro atoms. The molecule has 7 atom stereocenters. The largest absolute Gasteiger partial charge is 0.461 e. The van der Waals surface area contributed by atoms with Gasteiger partial charge in [-0.3, -0.25) is 4.79 Å². The highest BCUT2D eigenvalue weighted by atomic mass is 16.5. The van der Waals surface area contributed by atoms with Gasteiger partial charge in [0.1, 0.15) is 6.10 Å². The van der Waals surface area contributed by atoms with Gasteiger partial charge < -0.3 is 14.6 Å². The summed E-state index contributed by atoms with van der Waals surface area (Å²) in [6.07, 6.45) is 6.56. The van der Waals surface area contributed by atoms with Crippen LogP contribution in [0.5, 0.6) is 0 Å². The van der Waals surface area contributed by atoms with Crippen molar-refractivity contribution in [2.45, 2.75) is 58.8 Å². The third-order valence-electron chi connectivity index (χ3n) is 5.45. The Hall–Kier alpha value is -1.13. The molecule has 2 aliphatic carbocycles. The number of carbonyl (C=O) groups is 1. The van der Waals surface area contributed by atoms with Crippen molar-refractivity contribution in [3.05, 3.63) is 23.8 Å². The quantitative estimate of drug-likeness (QED) is 0.790. The number of esters is 1. The van der Waals surface area contributed by atoms with E-state index in [4.69, 9.17) is 9.47 Å². The van der Waals surface area contributed by atoms with Gasteiger partial charge in [0.05, 0.1) is 18.1 Å². The van der Waals surface area contributed by atoms with Crippen LogP contribution in [0, 0.1) is 23.7 Å². The summed E-state index contributed by atoms with van der Waals surface area (Å²) in [4.78, 5) is 12.3. The molecule has 4 nitrogen and oxygen atoms in total. The van der Waals surface area contributed by atoms with Crippen LogP contribution in [-0.4, -0.2) is 36.5 Å². The fraction of sp³-hybridized carbons (Fsp3) is 0.737. The van der Waals surface area contributed by atoms with Crippen molar-refractivity contribution in [1.82, 2.24) is 0 Å². The van der Waals surface area contributed by atoms with Crippen LogP contribution in [0.2, 0.25) is 0 Å². The number of ether oxygens (including phenoxy) is 2. The summed E-state index contributed by atoms with van der Waals surface area (Å²) in [6.45, 7) is 8.10. The first kappa shape index (κ1) is 18.2. The number of rotatable bonds is 5. The van der Waals surface area contributed by atoms with Gasteiger partial charge in [-0.1, -0.05) is 39.0 Å². The first-order valence-corrected chi connectivity index (χ1v) is 8.70. The van der Waals surface area contributed by atoms with Gasteiger partial charge in [-0.15, -0.1) is 0 Å². The summed E-state index contributed by atoms with van der Waals surface area (Å²) in [7, 11) is 1.72. The second-order valence-electron chi connectivity index (χ2n) is 7.02. The molecule has 130 valence electrons. The van der Waals surface area contributed by atoms with Gasteiger partial charge in [-0.2, -0.15) is 0 Å². The van der Waals surface area contributed by atoms with Crippen molar-refractivity contribution in [2.24, 2.45) is 23.7 Å². The average Bonchev–Trinajstić information content (AvgIpc) is 2.53. The van der Waals surface area contributed by atoms with Crippen LogP contribution in [0.15, 0.2) is 23.8 Å². The molecule has 0 fully saturated rings. The Kier molecular flexibility index (Phi) is 6.04. The normalized spacial score (nSPS) is 35.9. The molecule has 0 heterocycles. The van der Waals surface area contributed by atoms with Crippen LogP contribution < -0.4 is 0 Å². The van der Waals surface area contributed by atoms with Gasteiger partial charge >= 0.3 is 5.97 Å². The molecule has 4 heteroatoms. The third kappa shape index (κ3) is 3.86. The van der Waals surface area contributed by atoms with E-state index < -0.39 is 6.10 Å². The maximum Gasteiger partial charge on any atom is 0.308 e. The molecule has 2 aliphatic rings. The lowest BCUT2D eigenvalue weighted by Gasteiger charge is -2.44. The average molecular weight is 322 g/mol. The number of fused-ring (bicyclic) bond motifs is 1. The number of carbonyl (C=O) groups excluding carboxylic acids is 1. The summed E-state index contributed by atoms with van der Waals surface area (Å²) in [6, 6.07) is 0. The second-order valence-corrected chi connectivity index (χ2v) is 7.02. The third-order valence-corrected chi connectivity index (χ3v) is 5.45. The number of allylic oxidation sites excluding steroid dienone is 2. The van der Waals surface area contributed by atoms with Crippen molar-refractivity contribution in [3.63, 3.8) is 0 Å². The van der Waals surface area contributed by atoms with E-state index in [0.29, 0.717) is 12.3 Å². The molecular formula is C19H30O4. The molecule has 0 aromatic heterocycles. The first-order valence-electron chi connectivity index (χ1n) is 8.70. The zero-order valence-corrected chi connectivity index (χ0v) is 14.9. The Labute approximate surface area is 139 Å². The lowest BCUT2D eigenvalue weighted by molar-refractivity contribution is -0.160. The topological polar surface area (TPSA) is 55.8 Å². The Morgan fingerprint density at radius 3 is 2.74 bits per heavy atom. The van der Waals surface area contributed by atoms with Crippen LogP contribution in [0.25, 0.3) is 0 Å². The lowest BCUT2D eigenvalue weighted by atomic mass is 9.66. The standard InChI is InChI=1S/C19H30O4/c1-6-11(2)19(21)23-16-10-15(20)9-14-8-7-12(3)17(18(14)16)13(4)22-5/h7-9,11-13,15-18,20H,6,10H2,1-5H3/t11?,12?,13?,15?,16-,17?,18?/m0/s1. The van der Waals surface area contributed by atoms with E-state index in [-0.39, 0.29) is 35.9 Å². The first-order chi connectivity index (χ1) is 10.9. The van der Waals surface area contributed by atoms with E-state index in [9.17, 15) is 9.90 Å². The number of aliphatic hydroxyl groups is 1. The SMILES string of the molecule is CCC(C)C(=O)O[C@H]1CC(O)C=C2C=CC(C)C(C(C)OC)C21. The number of hydrogen-bond acceptors (Lipinski definition) is 4. The van der Waals surface area contributed by atoms with Gasteiger partial charge in [0.2, 0.25) is 0 Å². The molecule has 2 rings (SSSR count). The van der Waals surface area contributed by atoms with Gasteiger partial charge in [0.25, 0.3) is 0 Å². The Morgan fingerprint density at radius 1 is 1.43 bits per heavy atom. The summed E-state index contributed by atoms with van der Waals surface area (Å²) >= 11 is 0. The number of methoxy groups -OCH3 is 1. The molecule has 0 aliphatic heterocycles. The molecule has 1 N–H and O–H groups in total. The van der Waals surface area contributed by atoms with Crippen LogP contribution in [0.1, 0.15) is 40.5 Å². The van der Waals surface area contributed by atoms with E-state index in [2.05, 4.69) is 26.0 Å². The number of hydrogen-bond donors (Lipinski definition) is 1. The molecule has 0 saturated carbocycles. The lowest BCUT2D eigenvalue weighted by Crippen LogP contribution is -2.46. The molecule has 23 heavy (non-hydrogen) atoms. The predicted octanol–water partition coefficient (Wildman–Crippen LogP) is 3.11. The fourth-order valence-corrected chi connectivity index (χ4v) is 3.79. The molecule has 0 aromatic carbocycles. The van der Waals surface area contributed by atoms with Gasteiger partial charge in [-0.25, -0.2) is 0 Å². The molecule has 0 bridgehead atoms. The van der Waals surface area contributed by atoms with E-state index >= 15 is 0 Å². The summed E-state index contributed by atoms with van der Waals surface area (Å²) in [5.41, 5.74) is 1.07. The van der Waals surface area contributed by atoms with Gasteiger partial charge in [-0.05, 0) is 24.8 Å². The van der Waals surface area contributed by atoms with Crippen molar-refractivity contribution in [2.75, 3.05) is 7.11 Å². The predicted molar refractivity (Wildman–Crippen MR) is 89.8 cm³/mol. The maximum absolute atomic E-state index is 12.3. The monoisotopic (exact) mass is 322 g/mol. The highest BCUT2D eigenvalue weighted by molar-refractivity contribution is 5.72. The van der Waals surface area contributed by atoms with Gasteiger partial charge in [0.15, 0.2) is 0 Å². The molecule has 0 aromatic rings. The minimum absolute atomic E-state index is 0.0587. The molecule has 0 amide bonds. The molecular weight excluding hydrogens is 292 g/mol. The van der Waals surface area contributed by atoms with Crippen LogP contribution in [0.3, 0.4) is 0 Å². The number of aliphatic hydroxyl groups excluding tert-OH is 1. The van der Waals surface area contributed by atoms with E-state index in [1.54, 1.807) is 7.11 Å². The van der Waals surface area contributed by atoms with Crippen LogP contribution >= 0.6 is 0 Å². The van der Waals surface area contributed by atoms with E-state index in [1.807, 2.05) is 19.9 Å². The van der Waals surface area contributed by atoms with Gasteiger partial charge in [0, 0.05) is 25.4 Å². The maximum atomic E-state index is 12.3. The minimum Gasteiger partial charge on any atom is -0.461 e. The molecule has 0 saturated heterocycles. The summed E-state index contributed by atoms with van der Waals surface area (Å²) < 4.78 is 11.4. The Bertz CT molecular complexity index is 482. The Morgan fingerprint density at radius 2 is 2.13 bits per heavy atom. The van der Waals surface area contributed by atoms with Crippen LogP contribution in [-0.2, 0) is 14.3 Å². The zero-order valence-electron chi connectivity index (χ0n) is 14.9.